The van der Waals surface area contributed by atoms with Gasteiger partial charge in [0.15, 0.2) is 0 Å². The van der Waals surface area contributed by atoms with Crippen LogP contribution in [0, 0.1) is 0 Å². The van der Waals surface area contributed by atoms with E-state index in [1.165, 1.54) is 48.9 Å². The monoisotopic (exact) mass is 229 g/mol. The molecule has 1 heteroatoms. The maximum absolute atomic E-state index is 3.86. The highest BCUT2D eigenvalue weighted by atomic mass is 14.9. The van der Waals surface area contributed by atoms with Crippen molar-refractivity contribution in [1.82, 2.24) is 0 Å². The average molecular weight is 229 g/mol. The zero-order chi connectivity index (χ0) is 12.1. The van der Waals surface area contributed by atoms with Crippen molar-refractivity contribution in [3.63, 3.8) is 0 Å². The summed E-state index contributed by atoms with van der Waals surface area (Å²) in [5.41, 5.74) is 3.93. The highest BCUT2D eigenvalue weighted by molar-refractivity contribution is 5.58. The van der Waals surface area contributed by atoms with Gasteiger partial charge < -0.3 is 5.32 Å². The van der Waals surface area contributed by atoms with E-state index in [1.54, 1.807) is 0 Å². The first-order chi connectivity index (χ1) is 8.33. The van der Waals surface area contributed by atoms with E-state index in [2.05, 4.69) is 37.0 Å². The predicted octanol–water partition coefficient (Wildman–Crippen LogP) is 4.64. The van der Waals surface area contributed by atoms with Crippen LogP contribution in [-0.4, -0.2) is 6.04 Å². The molecule has 0 bridgehead atoms. The maximum atomic E-state index is 3.86. The van der Waals surface area contributed by atoms with Gasteiger partial charge in [0.2, 0.25) is 0 Å². The second-order valence-corrected chi connectivity index (χ2v) is 4.95. The summed E-state index contributed by atoms with van der Waals surface area (Å²) >= 11 is 0. The van der Waals surface area contributed by atoms with Gasteiger partial charge in [-0.1, -0.05) is 44.9 Å². The van der Waals surface area contributed by atoms with E-state index in [9.17, 15) is 0 Å². The first-order valence-electron chi connectivity index (χ1n) is 6.85. The molecule has 0 heterocycles. The largest absolute Gasteiger partial charge is 0.382 e. The van der Waals surface area contributed by atoms with E-state index in [0.29, 0.717) is 6.04 Å². The fourth-order valence-electron chi connectivity index (χ4n) is 2.68. The van der Waals surface area contributed by atoms with Crippen molar-refractivity contribution in [1.29, 1.82) is 0 Å². The van der Waals surface area contributed by atoms with Crippen LogP contribution in [-0.2, 0) is 6.42 Å². The van der Waals surface area contributed by atoms with Crippen LogP contribution in [0.15, 0.2) is 24.8 Å². The molecule has 1 aromatic carbocycles. The Labute approximate surface area is 105 Å². The summed E-state index contributed by atoms with van der Waals surface area (Å²) in [5.74, 6) is 0. The fourth-order valence-corrected chi connectivity index (χ4v) is 2.68. The van der Waals surface area contributed by atoms with Gasteiger partial charge in [0, 0.05) is 11.7 Å². The first-order valence-corrected chi connectivity index (χ1v) is 6.85. The van der Waals surface area contributed by atoms with E-state index >= 15 is 0 Å². The Morgan fingerprint density at radius 3 is 2.71 bits per heavy atom. The Hall–Kier alpha value is -1.24. The van der Waals surface area contributed by atoms with Crippen LogP contribution in [0.3, 0.4) is 0 Å². The minimum absolute atomic E-state index is 0.683. The van der Waals surface area contributed by atoms with Gasteiger partial charge >= 0.3 is 0 Å². The number of aryl methyl sites for hydroxylation is 1. The van der Waals surface area contributed by atoms with Crippen LogP contribution >= 0.6 is 0 Å². The quantitative estimate of drug-likeness (QED) is 0.793. The smallest absolute Gasteiger partial charge is 0.0345 e. The average Bonchev–Trinajstić information content (AvgIpc) is 2.40. The second-order valence-electron chi connectivity index (χ2n) is 4.95. The molecule has 0 atom stereocenters. The zero-order valence-corrected chi connectivity index (χ0v) is 10.8. The van der Waals surface area contributed by atoms with Gasteiger partial charge in [-0.05, 0) is 42.5 Å². The van der Waals surface area contributed by atoms with Crippen LogP contribution in [0.25, 0.3) is 6.08 Å². The van der Waals surface area contributed by atoms with Crippen molar-refractivity contribution in [2.75, 3.05) is 5.32 Å². The Bertz CT molecular complexity index is 375. The lowest BCUT2D eigenvalue weighted by Gasteiger charge is -2.24. The molecule has 0 saturated heterocycles. The number of anilines is 1. The molecule has 1 aliphatic rings. The third-order valence-electron chi connectivity index (χ3n) is 3.72. The van der Waals surface area contributed by atoms with Crippen molar-refractivity contribution in [3.05, 3.63) is 35.9 Å². The molecule has 1 aromatic rings. The van der Waals surface area contributed by atoms with E-state index in [1.807, 2.05) is 6.08 Å². The SMILES string of the molecule is C=Cc1ccc(NC2CCCCC2)cc1CC. The van der Waals surface area contributed by atoms with Gasteiger partial charge in [-0.15, -0.1) is 0 Å². The third kappa shape index (κ3) is 3.12. The van der Waals surface area contributed by atoms with Gasteiger partial charge in [0.05, 0.1) is 0 Å². The van der Waals surface area contributed by atoms with Crippen LogP contribution in [0.5, 0.6) is 0 Å². The summed E-state index contributed by atoms with van der Waals surface area (Å²) in [5, 5.41) is 3.67. The molecule has 92 valence electrons. The third-order valence-corrected chi connectivity index (χ3v) is 3.72. The van der Waals surface area contributed by atoms with Gasteiger partial charge in [0.25, 0.3) is 0 Å². The molecular weight excluding hydrogens is 206 g/mol. The summed E-state index contributed by atoms with van der Waals surface area (Å²) < 4.78 is 0. The minimum atomic E-state index is 0.683. The van der Waals surface area contributed by atoms with Crippen molar-refractivity contribution < 1.29 is 0 Å². The molecule has 1 nitrogen and oxygen atoms in total. The van der Waals surface area contributed by atoms with Crippen molar-refractivity contribution >= 4 is 11.8 Å². The topological polar surface area (TPSA) is 12.0 Å². The van der Waals surface area contributed by atoms with Gasteiger partial charge in [-0.25, -0.2) is 0 Å². The first kappa shape index (κ1) is 12.2. The van der Waals surface area contributed by atoms with Crippen molar-refractivity contribution in [2.24, 2.45) is 0 Å². The van der Waals surface area contributed by atoms with E-state index in [-0.39, 0.29) is 0 Å². The molecule has 17 heavy (non-hydrogen) atoms. The predicted molar refractivity (Wildman–Crippen MR) is 76.4 cm³/mol. The van der Waals surface area contributed by atoms with Crippen LogP contribution < -0.4 is 5.32 Å². The normalized spacial score (nSPS) is 16.8. The number of nitrogens with one attached hydrogen (secondary N) is 1. The molecular formula is C16H23N. The molecule has 0 unspecified atom stereocenters. The molecule has 1 N–H and O–H groups in total. The van der Waals surface area contributed by atoms with Crippen LogP contribution in [0.1, 0.15) is 50.2 Å². The van der Waals surface area contributed by atoms with E-state index < -0.39 is 0 Å². The molecule has 0 radical (unpaired) electrons. The highest BCUT2D eigenvalue weighted by Gasteiger charge is 2.13. The zero-order valence-electron chi connectivity index (χ0n) is 10.8. The Kier molecular flexibility index (Phi) is 4.24. The summed E-state index contributed by atoms with van der Waals surface area (Å²) in [6.45, 7) is 6.07. The molecule has 1 saturated carbocycles. The molecule has 0 spiro atoms. The summed E-state index contributed by atoms with van der Waals surface area (Å²) in [7, 11) is 0. The Morgan fingerprint density at radius 2 is 2.06 bits per heavy atom. The van der Waals surface area contributed by atoms with E-state index in [0.717, 1.165) is 6.42 Å². The van der Waals surface area contributed by atoms with E-state index in [4.69, 9.17) is 0 Å². The maximum Gasteiger partial charge on any atom is 0.0345 e. The number of benzene rings is 1. The molecule has 1 fully saturated rings. The van der Waals surface area contributed by atoms with Crippen LogP contribution in [0.4, 0.5) is 5.69 Å². The molecule has 2 rings (SSSR count). The van der Waals surface area contributed by atoms with Crippen LogP contribution in [0.2, 0.25) is 0 Å². The molecule has 1 aliphatic carbocycles. The lowest BCUT2D eigenvalue weighted by molar-refractivity contribution is 0.463. The fraction of sp³-hybridized carbons (Fsp3) is 0.500. The molecule has 0 aromatic heterocycles. The second kappa shape index (κ2) is 5.90. The van der Waals surface area contributed by atoms with Gasteiger partial charge in [-0.2, -0.15) is 0 Å². The highest BCUT2D eigenvalue weighted by Crippen LogP contribution is 2.23. The van der Waals surface area contributed by atoms with Crippen molar-refractivity contribution in [2.45, 2.75) is 51.5 Å². The summed E-state index contributed by atoms with van der Waals surface area (Å²) in [6, 6.07) is 7.33. The standard InChI is InChI=1S/C16H23N/c1-3-13-10-11-16(12-14(13)4-2)17-15-8-6-5-7-9-15/h3,10-12,15,17H,1,4-9H2,2H3. The van der Waals surface area contributed by atoms with Gasteiger partial charge in [-0.3, -0.25) is 0 Å². The lowest BCUT2D eigenvalue weighted by Crippen LogP contribution is -2.22. The molecule has 0 aliphatic heterocycles. The molecule has 0 amide bonds. The number of rotatable bonds is 4. The summed E-state index contributed by atoms with van der Waals surface area (Å²) in [4.78, 5) is 0. The summed E-state index contributed by atoms with van der Waals surface area (Å²) in [6.07, 6.45) is 9.83. The van der Waals surface area contributed by atoms with Gasteiger partial charge in [0.1, 0.15) is 0 Å². The Morgan fingerprint density at radius 1 is 1.29 bits per heavy atom. The van der Waals surface area contributed by atoms with Crippen molar-refractivity contribution in [3.8, 4) is 0 Å². The lowest BCUT2D eigenvalue weighted by atomic mass is 9.95. The number of hydrogen-bond donors (Lipinski definition) is 1. The number of hydrogen-bond acceptors (Lipinski definition) is 1. The minimum Gasteiger partial charge on any atom is -0.382 e. The Balaban J connectivity index is 2.07.